The van der Waals surface area contributed by atoms with Crippen LogP contribution in [0.1, 0.15) is 82.1 Å². The molecule has 1 aromatic carbocycles. The van der Waals surface area contributed by atoms with Crippen LogP contribution in [0.4, 0.5) is 0 Å². The van der Waals surface area contributed by atoms with Crippen molar-refractivity contribution in [3.63, 3.8) is 0 Å². The van der Waals surface area contributed by atoms with Crippen LogP contribution in [0.5, 0.6) is 0 Å². The molecule has 5 fully saturated rings. The third-order valence-corrected chi connectivity index (χ3v) is 8.85. The Balaban J connectivity index is 1.27. The normalized spacial score (nSPS) is 31.7. The summed E-state index contributed by atoms with van der Waals surface area (Å²) in [5.74, 6) is 3.91. The van der Waals surface area contributed by atoms with Crippen LogP contribution >= 0.6 is 0 Å². The molecule has 1 amide bonds. The maximum Gasteiger partial charge on any atom is 0.246 e. The Hall–Kier alpha value is -2.17. The number of amides is 1. The zero-order valence-corrected chi connectivity index (χ0v) is 19.3. The number of hydrogen-bond donors (Lipinski definition) is 0. The fraction of sp³-hybridized carbons (Fsp3) is 0.667. The molecule has 5 saturated carbocycles. The first-order valence-corrected chi connectivity index (χ1v) is 12.8. The third kappa shape index (κ3) is 3.68. The van der Waals surface area contributed by atoms with E-state index in [1.807, 2.05) is 12.1 Å². The van der Waals surface area contributed by atoms with E-state index in [0.717, 1.165) is 55.4 Å². The van der Waals surface area contributed by atoms with Gasteiger partial charge in [0.2, 0.25) is 17.6 Å². The fourth-order valence-electron chi connectivity index (χ4n) is 7.72. The van der Waals surface area contributed by atoms with Gasteiger partial charge in [-0.1, -0.05) is 54.2 Å². The predicted octanol–water partition coefficient (Wildman–Crippen LogP) is 5.92. The molecule has 0 saturated heterocycles. The Labute approximate surface area is 191 Å². The smallest absolute Gasteiger partial charge is 0.246 e. The van der Waals surface area contributed by atoms with Crippen molar-refractivity contribution >= 4 is 5.91 Å². The summed E-state index contributed by atoms with van der Waals surface area (Å²) in [6, 6.07) is 8.51. The molecule has 5 nitrogen and oxygen atoms in total. The molecular weight excluding hydrogens is 398 g/mol. The average molecular weight is 434 g/mol. The van der Waals surface area contributed by atoms with E-state index in [2.05, 4.69) is 29.1 Å². The maximum atomic E-state index is 14.3. The summed E-state index contributed by atoms with van der Waals surface area (Å²) in [5.41, 5.74) is 2.05. The van der Waals surface area contributed by atoms with Crippen molar-refractivity contribution in [2.24, 2.45) is 23.2 Å². The molecule has 4 bridgehead atoms. The number of benzene rings is 1. The number of rotatable bonds is 5. The molecule has 0 atom stereocenters. The van der Waals surface area contributed by atoms with Gasteiger partial charge in [-0.05, 0) is 76.0 Å². The first-order chi connectivity index (χ1) is 15.6. The first-order valence-electron chi connectivity index (χ1n) is 12.8. The van der Waals surface area contributed by atoms with Crippen molar-refractivity contribution < 1.29 is 9.32 Å². The summed E-state index contributed by atoms with van der Waals surface area (Å²) in [4.78, 5) is 21.1. The number of hydrogen-bond acceptors (Lipinski definition) is 4. The van der Waals surface area contributed by atoms with E-state index in [1.54, 1.807) is 0 Å². The Bertz CT molecular complexity index is 938. The van der Waals surface area contributed by atoms with Gasteiger partial charge in [0, 0.05) is 11.6 Å². The zero-order chi connectivity index (χ0) is 21.7. The van der Waals surface area contributed by atoms with Crippen LogP contribution in [0.3, 0.4) is 0 Å². The first kappa shape index (κ1) is 20.4. The highest BCUT2D eigenvalue weighted by molar-refractivity contribution is 5.83. The minimum absolute atomic E-state index is 0.119. The second-order valence-electron chi connectivity index (χ2n) is 11.3. The van der Waals surface area contributed by atoms with Gasteiger partial charge in [-0.2, -0.15) is 4.98 Å². The number of carbonyl (C=O) groups excluding carboxylic acids is 1. The lowest BCUT2D eigenvalue weighted by molar-refractivity contribution is -0.162. The predicted molar refractivity (Wildman–Crippen MR) is 122 cm³/mol. The number of nitrogens with zero attached hydrogens (tertiary/aromatic N) is 3. The lowest BCUT2D eigenvalue weighted by atomic mass is 9.49. The molecule has 1 heterocycles. The van der Waals surface area contributed by atoms with E-state index in [-0.39, 0.29) is 5.41 Å². The van der Waals surface area contributed by atoms with Crippen LogP contribution < -0.4 is 0 Å². The zero-order valence-electron chi connectivity index (χ0n) is 19.3. The molecular formula is C27H35N3O2. The summed E-state index contributed by atoms with van der Waals surface area (Å²) < 4.78 is 5.68. The molecule has 0 spiro atoms. The van der Waals surface area contributed by atoms with Crippen molar-refractivity contribution in [3.8, 4) is 11.4 Å². The Kier molecular flexibility index (Phi) is 5.11. The highest BCUT2D eigenvalue weighted by Crippen LogP contribution is 2.60. The highest BCUT2D eigenvalue weighted by atomic mass is 16.5. The quantitative estimate of drug-likeness (QED) is 0.587. The summed E-state index contributed by atoms with van der Waals surface area (Å²) >= 11 is 0. The van der Waals surface area contributed by atoms with Gasteiger partial charge in [-0.15, -0.1) is 0 Å². The van der Waals surface area contributed by atoms with Gasteiger partial charge in [-0.25, -0.2) is 0 Å². The van der Waals surface area contributed by atoms with Crippen LogP contribution in [0.15, 0.2) is 28.8 Å². The van der Waals surface area contributed by atoms with Crippen molar-refractivity contribution in [3.05, 3.63) is 35.7 Å². The molecule has 0 unspecified atom stereocenters. The van der Waals surface area contributed by atoms with Gasteiger partial charge in [0.05, 0.1) is 5.41 Å². The van der Waals surface area contributed by atoms with Crippen LogP contribution in [0, 0.1) is 30.1 Å². The minimum atomic E-state index is -0.119. The third-order valence-electron chi connectivity index (χ3n) is 8.85. The summed E-state index contributed by atoms with van der Waals surface area (Å²) in [6.45, 7) is 2.54. The van der Waals surface area contributed by atoms with Gasteiger partial charge in [0.15, 0.2) is 0 Å². The topological polar surface area (TPSA) is 59.2 Å². The molecule has 2 aromatic rings. The fourth-order valence-corrected chi connectivity index (χ4v) is 7.72. The molecule has 1 aromatic heterocycles. The number of carbonyl (C=O) groups is 1. The number of aryl methyl sites for hydroxylation is 1. The van der Waals surface area contributed by atoms with E-state index in [1.165, 1.54) is 44.1 Å². The van der Waals surface area contributed by atoms with Crippen LogP contribution in [0.25, 0.3) is 11.4 Å². The van der Waals surface area contributed by atoms with Gasteiger partial charge in [0.25, 0.3) is 0 Å². The van der Waals surface area contributed by atoms with Gasteiger partial charge in [0.1, 0.15) is 6.54 Å². The largest absolute Gasteiger partial charge is 0.337 e. The lowest BCUT2D eigenvalue weighted by Crippen LogP contribution is -2.56. The summed E-state index contributed by atoms with van der Waals surface area (Å²) in [5, 5.41) is 4.24. The van der Waals surface area contributed by atoms with Crippen molar-refractivity contribution in [2.75, 3.05) is 0 Å². The van der Waals surface area contributed by atoms with Gasteiger partial charge >= 0.3 is 0 Å². The Morgan fingerprint density at radius 2 is 1.62 bits per heavy atom. The molecule has 5 heteroatoms. The summed E-state index contributed by atoms with van der Waals surface area (Å²) in [6.07, 6.45) is 13.3. The van der Waals surface area contributed by atoms with E-state index in [0.29, 0.717) is 30.2 Å². The molecule has 0 radical (unpaired) electrons. The van der Waals surface area contributed by atoms with E-state index in [9.17, 15) is 4.79 Å². The molecule has 170 valence electrons. The standard InChI is InChI=1S/C27H35N3O2/c1-18-7-9-22(10-8-18)25-28-24(32-29-25)17-30(23-5-3-2-4-6-23)26(31)27-14-19-11-20(15-27)13-21(12-19)16-27/h7-10,19-21,23H,2-6,11-17H2,1H3. The van der Waals surface area contributed by atoms with Crippen molar-refractivity contribution in [1.82, 2.24) is 15.0 Å². The van der Waals surface area contributed by atoms with Crippen molar-refractivity contribution in [2.45, 2.75) is 90.1 Å². The second kappa shape index (κ2) is 8.00. The average Bonchev–Trinajstić information content (AvgIpc) is 3.26. The van der Waals surface area contributed by atoms with E-state index in [4.69, 9.17) is 9.51 Å². The van der Waals surface area contributed by atoms with Crippen LogP contribution in [0.2, 0.25) is 0 Å². The Morgan fingerprint density at radius 3 is 2.25 bits per heavy atom. The monoisotopic (exact) mass is 433 g/mol. The van der Waals surface area contributed by atoms with Gasteiger partial charge in [-0.3, -0.25) is 4.79 Å². The van der Waals surface area contributed by atoms with Crippen LogP contribution in [-0.4, -0.2) is 27.0 Å². The molecule has 7 rings (SSSR count). The lowest BCUT2D eigenvalue weighted by Gasteiger charge is -2.57. The van der Waals surface area contributed by atoms with Crippen LogP contribution in [-0.2, 0) is 11.3 Å². The Morgan fingerprint density at radius 1 is 1.00 bits per heavy atom. The number of aromatic nitrogens is 2. The van der Waals surface area contributed by atoms with Gasteiger partial charge < -0.3 is 9.42 Å². The molecule has 5 aliphatic rings. The highest BCUT2D eigenvalue weighted by Gasteiger charge is 2.56. The van der Waals surface area contributed by atoms with Crippen molar-refractivity contribution in [1.29, 1.82) is 0 Å². The molecule has 0 N–H and O–H groups in total. The second-order valence-corrected chi connectivity index (χ2v) is 11.3. The van der Waals surface area contributed by atoms with E-state index >= 15 is 0 Å². The minimum Gasteiger partial charge on any atom is -0.337 e. The maximum absolute atomic E-state index is 14.3. The summed E-state index contributed by atoms with van der Waals surface area (Å²) in [7, 11) is 0. The molecule has 5 aliphatic carbocycles. The van der Waals surface area contributed by atoms with E-state index < -0.39 is 0 Å². The molecule has 0 aliphatic heterocycles. The SMILES string of the molecule is Cc1ccc(-c2noc(CN(C(=O)C34CC5CC(CC(C5)C3)C4)C3CCCCC3)n2)cc1. The molecule has 32 heavy (non-hydrogen) atoms.